The molecule has 0 saturated carbocycles. The second-order valence-electron chi connectivity index (χ2n) is 6.59. The number of carbonyl (C=O) groups is 1. The molecule has 0 saturated heterocycles. The van der Waals surface area contributed by atoms with Gasteiger partial charge in [-0.05, 0) is 37.0 Å². The molecule has 1 atom stereocenters. The molecule has 0 fully saturated rings. The summed E-state index contributed by atoms with van der Waals surface area (Å²) in [6.45, 7) is 5.85. The summed E-state index contributed by atoms with van der Waals surface area (Å²) in [5.74, 6) is -0.556. The number of nitrogens with two attached hydrogens (primary N) is 1. The average Bonchev–Trinajstić information content (AvgIpc) is 2.61. The Morgan fingerprint density at radius 2 is 1.63 bits per heavy atom. The van der Waals surface area contributed by atoms with Crippen LogP contribution in [0.4, 0.5) is 0 Å². The van der Waals surface area contributed by atoms with Crippen molar-refractivity contribution in [2.45, 2.75) is 44.7 Å². The van der Waals surface area contributed by atoms with E-state index in [-0.39, 0.29) is 11.5 Å². The maximum atomic E-state index is 11.9. The Balaban J connectivity index is 0.000000345. The van der Waals surface area contributed by atoms with Crippen molar-refractivity contribution in [3.63, 3.8) is 0 Å². The van der Waals surface area contributed by atoms with Gasteiger partial charge in [0.15, 0.2) is 0 Å². The van der Waals surface area contributed by atoms with Crippen LogP contribution >= 0.6 is 0 Å². The quantitative estimate of drug-likeness (QED) is 0.699. The first kappa shape index (κ1) is 22.8. The van der Waals surface area contributed by atoms with Crippen molar-refractivity contribution in [3.8, 4) is 0 Å². The van der Waals surface area contributed by atoms with Crippen LogP contribution in [0.25, 0.3) is 0 Å². The third-order valence-corrected chi connectivity index (χ3v) is 4.85. The van der Waals surface area contributed by atoms with Gasteiger partial charge in [0.05, 0.1) is 11.5 Å². The number of rotatable bonds is 7. The van der Waals surface area contributed by atoms with Crippen LogP contribution in [-0.4, -0.2) is 25.5 Å². The molecule has 0 radical (unpaired) electrons. The van der Waals surface area contributed by atoms with Gasteiger partial charge in [0, 0.05) is 0 Å². The van der Waals surface area contributed by atoms with Crippen LogP contribution in [0.5, 0.6) is 0 Å². The minimum atomic E-state index is -3.68. The van der Waals surface area contributed by atoms with Gasteiger partial charge < -0.3 is 10.8 Å². The minimum Gasteiger partial charge on any atom is -0.480 e. The molecule has 0 heterocycles. The molecule has 0 aromatic heterocycles. The predicted octanol–water partition coefficient (Wildman–Crippen LogP) is 3.34. The van der Waals surface area contributed by atoms with Gasteiger partial charge in [0.1, 0.15) is 6.04 Å². The molecule has 1 unspecified atom stereocenters. The maximum absolute atomic E-state index is 11.9. The van der Waals surface area contributed by atoms with Gasteiger partial charge in [0.2, 0.25) is 0 Å². The van der Waals surface area contributed by atoms with Crippen LogP contribution in [0.2, 0.25) is 0 Å². The van der Waals surface area contributed by atoms with Crippen LogP contribution < -0.4 is 5.73 Å². The fourth-order valence-corrected chi connectivity index (χ4v) is 3.00. The highest BCUT2D eigenvalue weighted by Crippen LogP contribution is 2.15. The molecule has 0 aliphatic carbocycles. The topological polar surface area (TPSA) is 107 Å². The number of aryl methyl sites for hydroxylation is 1. The Labute approximate surface area is 161 Å². The van der Waals surface area contributed by atoms with E-state index >= 15 is 0 Å². The highest BCUT2D eigenvalue weighted by Gasteiger charge is 2.14. The molecule has 0 aliphatic heterocycles. The third kappa shape index (κ3) is 8.81. The Bertz CT molecular complexity index is 802. The Morgan fingerprint density at radius 3 is 2.07 bits per heavy atom. The van der Waals surface area contributed by atoms with Crippen molar-refractivity contribution in [1.82, 2.24) is 0 Å². The summed E-state index contributed by atoms with van der Waals surface area (Å²) >= 11 is 0. The van der Waals surface area contributed by atoms with Gasteiger partial charge in [-0.2, -0.15) is 8.42 Å². The summed E-state index contributed by atoms with van der Waals surface area (Å²) in [5.41, 5.74) is 7.06. The smallest absolute Gasteiger partial charge is 0.320 e. The van der Waals surface area contributed by atoms with E-state index in [1.54, 1.807) is 24.3 Å². The van der Waals surface area contributed by atoms with Gasteiger partial charge in [-0.15, -0.1) is 0 Å². The lowest BCUT2D eigenvalue weighted by Crippen LogP contribution is -2.31. The fraction of sp³-hybridized carbons (Fsp3) is 0.350. The number of aliphatic carboxylic acids is 1. The molecule has 0 aliphatic rings. The zero-order chi connectivity index (χ0) is 20.4. The zero-order valence-electron chi connectivity index (χ0n) is 15.8. The average molecular weight is 394 g/mol. The van der Waals surface area contributed by atoms with Gasteiger partial charge >= 0.3 is 5.97 Å². The van der Waals surface area contributed by atoms with Crippen LogP contribution in [0.15, 0.2) is 59.5 Å². The normalized spacial score (nSPS) is 12.2. The number of benzene rings is 2. The molecular weight excluding hydrogens is 366 g/mol. The molecule has 2 rings (SSSR count). The maximum Gasteiger partial charge on any atom is 0.320 e. The number of carboxylic acids is 1. The van der Waals surface area contributed by atoms with Crippen molar-refractivity contribution >= 4 is 16.1 Å². The lowest BCUT2D eigenvalue weighted by atomic mass is 10.1. The van der Waals surface area contributed by atoms with E-state index in [2.05, 4.69) is 0 Å². The minimum absolute atomic E-state index is 0.0526. The highest BCUT2D eigenvalue weighted by atomic mass is 32.2. The Morgan fingerprint density at radius 1 is 1.07 bits per heavy atom. The molecule has 0 amide bonds. The van der Waals surface area contributed by atoms with E-state index in [1.165, 1.54) is 0 Å². The summed E-state index contributed by atoms with van der Waals surface area (Å²) in [4.78, 5) is 10.3. The zero-order valence-corrected chi connectivity index (χ0v) is 16.6. The SMILES string of the molecule is CC(C)CC(N)C(=O)O.Cc1ccc(S(=O)(=O)OCc2ccccc2)cc1. The molecule has 0 spiro atoms. The van der Waals surface area contributed by atoms with Crippen molar-refractivity contribution in [2.75, 3.05) is 0 Å². The monoisotopic (exact) mass is 393 g/mol. The Kier molecular flexibility index (Phi) is 9.14. The van der Waals surface area contributed by atoms with Crippen LogP contribution in [0, 0.1) is 12.8 Å². The molecule has 148 valence electrons. The van der Waals surface area contributed by atoms with Gasteiger partial charge in [-0.25, -0.2) is 0 Å². The van der Waals surface area contributed by atoms with Crippen LogP contribution in [0.1, 0.15) is 31.4 Å². The van der Waals surface area contributed by atoms with E-state index < -0.39 is 22.1 Å². The molecule has 2 aromatic carbocycles. The van der Waals surface area contributed by atoms with E-state index in [1.807, 2.05) is 51.1 Å². The first-order chi connectivity index (χ1) is 12.6. The van der Waals surface area contributed by atoms with Crippen molar-refractivity contribution in [3.05, 3.63) is 65.7 Å². The molecule has 0 bridgehead atoms. The fourth-order valence-electron chi connectivity index (χ4n) is 2.10. The standard InChI is InChI=1S/C14H14O3S.C6H13NO2/c1-12-7-9-14(10-8-12)18(15,16)17-11-13-5-3-2-4-6-13;1-4(2)3-5(7)6(8)9/h2-10H,11H2,1H3;4-5H,3,7H2,1-2H3,(H,8,9). The van der Waals surface area contributed by atoms with E-state index in [0.29, 0.717) is 12.3 Å². The van der Waals surface area contributed by atoms with E-state index in [4.69, 9.17) is 15.0 Å². The largest absolute Gasteiger partial charge is 0.480 e. The molecule has 2 aromatic rings. The van der Waals surface area contributed by atoms with Crippen molar-refractivity contribution in [1.29, 1.82) is 0 Å². The molecule has 7 heteroatoms. The van der Waals surface area contributed by atoms with Crippen molar-refractivity contribution < 1.29 is 22.5 Å². The third-order valence-electron chi connectivity index (χ3n) is 3.58. The van der Waals surface area contributed by atoms with E-state index in [0.717, 1.165) is 11.1 Å². The van der Waals surface area contributed by atoms with Gasteiger partial charge in [0.25, 0.3) is 10.1 Å². The molecule has 3 N–H and O–H groups in total. The number of hydrogen-bond donors (Lipinski definition) is 2. The summed E-state index contributed by atoms with van der Waals surface area (Å²) in [6, 6.07) is 15.1. The molecule has 27 heavy (non-hydrogen) atoms. The second kappa shape index (κ2) is 10.8. The summed E-state index contributed by atoms with van der Waals surface area (Å²) < 4.78 is 28.8. The predicted molar refractivity (Wildman–Crippen MR) is 105 cm³/mol. The van der Waals surface area contributed by atoms with Gasteiger partial charge in [-0.3, -0.25) is 8.98 Å². The first-order valence-electron chi connectivity index (χ1n) is 8.60. The lowest BCUT2D eigenvalue weighted by molar-refractivity contribution is -0.138. The first-order valence-corrected chi connectivity index (χ1v) is 10.0. The van der Waals surface area contributed by atoms with Crippen LogP contribution in [-0.2, 0) is 25.7 Å². The van der Waals surface area contributed by atoms with Crippen molar-refractivity contribution in [2.24, 2.45) is 11.7 Å². The number of hydrogen-bond acceptors (Lipinski definition) is 5. The summed E-state index contributed by atoms with van der Waals surface area (Å²) in [6.07, 6.45) is 0.551. The van der Waals surface area contributed by atoms with Gasteiger partial charge in [-0.1, -0.05) is 61.9 Å². The van der Waals surface area contributed by atoms with Crippen LogP contribution in [0.3, 0.4) is 0 Å². The molecule has 6 nitrogen and oxygen atoms in total. The number of carboxylic acid groups (broad SMARTS) is 1. The second-order valence-corrected chi connectivity index (χ2v) is 8.20. The Hall–Kier alpha value is -2.22. The highest BCUT2D eigenvalue weighted by molar-refractivity contribution is 7.86. The molecular formula is C20H27NO5S. The lowest BCUT2D eigenvalue weighted by Gasteiger charge is -2.07. The summed E-state index contributed by atoms with van der Waals surface area (Å²) in [7, 11) is -3.68. The van der Waals surface area contributed by atoms with E-state index in [9.17, 15) is 13.2 Å². The summed E-state index contributed by atoms with van der Waals surface area (Å²) in [5, 5.41) is 8.31.